The molecular weight excluding hydrogens is 172 g/mol. The quantitative estimate of drug-likeness (QED) is 0.301. The molecule has 0 fully saturated rings. The van der Waals surface area contributed by atoms with E-state index >= 15 is 0 Å². The molecule has 13 heavy (non-hydrogen) atoms. The van der Waals surface area contributed by atoms with E-state index in [1.54, 1.807) is 0 Å². The zero-order valence-corrected chi connectivity index (χ0v) is 6.65. The van der Waals surface area contributed by atoms with Gasteiger partial charge >= 0.3 is 0 Å². The Morgan fingerprint density at radius 1 is 1.31 bits per heavy atom. The van der Waals surface area contributed by atoms with Gasteiger partial charge in [0.15, 0.2) is 0 Å². The number of carbonyl (C=O) groups excluding carboxylic acids is 2. The van der Waals surface area contributed by atoms with E-state index in [2.05, 4.69) is 4.98 Å². The predicted octanol–water partition coefficient (Wildman–Crippen LogP) is -1.22. The average molecular weight is 180 g/mol. The number of rotatable bonds is 2. The summed E-state index contributed by atoms with van der Waals surface area (Å²) in [5, 5.41) is 0. The molecule has 0 saturated carbocycles. The molecule has 0 aromatic carbocycles. The van der Waals surface area contributed by atoms with Crippen molar-refractivity contribution in [2.75, 3.05) is 0 Å². The third-order valence-electron chi connectivity index (χ3n) is 1.37. The van der Waals surface area contributed by atoms with E-state index in [-0.39, 0.29) is 11.4 Å². The van der Waals surface area contributed by atoms with Crippen LogP contribution in [0, 0.1) is 0 Å². The third kappa shape index (κ3) is 2.00. The Morgan fingerprint density at radius 3 is 2.46 bits per heavy atom. The number of primary amides is 1. The molecule has 5 N–H and O–H groups in total. The van der Waals surface area contributed by atoms with Crippen LogP contribution in [0.2, 0.25) is 0 Å². The summed E-state index contributed by atoms with van der Waals surface area (Å²) in [6.07, 6.45) is 0. The maximum atomic E-state index is 10.9. The molecule has 6 nitrogen and oxygen atoms in total. The monoisotopic (exact) mass is 180 g/mol. The number of amides is 2. The summed E-state index contributed by atoms with van der Waals surface area (Å²) in [5.41, 5.74) is 6.94. The van der Waals surface area contributed by atoms with Crippen molar-refractivity contribution in [2.45, 2.75) is 0 Å². The number of hydrogen-bond donors (Lipinski definition) is 3. The van der Waals surface area contributed by atoms with Gasteiger partial charge in [-0.3, -0.25) is 15.0 Å². The standard InChI is InChI=1S/C7H8N4O2/c8-6(12)4-2-1-3-5(10-4)7(13)11-9/h1-3H,9H2,(H2,8,12)(H,11,13). The van der Waals surface area contributed by atoms with Crippen LogP contribution in [0.25, 0.3) is 0 Å². The molecule has 68 valence electrons. The number of aromatic nitrogens is 1. The lowest BCUT2D eigenvalue weighted by molar-refractivity contribution is 0.0948. The summed E-state index contributed by atoms with van der Waals surface area (Å²) in [6.45, 7) is 0. The van der Waals surface area contributed by atoms with E-state index < -0.39 is 11.8 Å². The van der Waals surface area contributed by atoms with E-state index in [1.165, 1.54) is 18.2 Å². The molecule has 6 heteroatoms. The molecule has 0 saturated heterocycles. The fourth-order valence-corrected chi connectivity index (χ4v) is 0.772. The first-order valence-corrected chi connectivity index (χ1v) is 3.43. The largest absolute Gasteiger partial charge is 0.364 e. The molecule has 0 spiro atoms. The zero-order valence-electron chi connectivity index (χ0n) is 6.65. The Morgan fingerprint density at radius 2 is 1.92 bits per heavy atom. The van der Waals surface area contributed by atoms with Crippen LogP contribution in [0.3, 0.4) is 0 Å². The molecular formula is C7H8N4O2. The maximum absolute atomic E-state index is 10.9. The number of nitrogens with zero attached hydrogens (tertiary/aromatic N) is 1. The van der Waals surface area contributed by atoms with E-state index in [4.69, 9.17) is 11.6 Å². The molecule has 0 atom stereocenters. The highest BCUT2D eigenvalue weighted by Crippen LogP contribution is 1.97. The lowest BCUT2D eigenvalue weighted by atomic mass is 10.3. The topological polar surface area (TPSA) is 111 Å². The Labute approximate surface area is 73.9 Å². The summed E-state index contributed by atoms with van der Waals surface area (Å²) < 4.78 is 0. The van der Waals surface area contributed by atoms with Crippen molar-refractivity contribution in [2.24, 2.45) is 11.6 Å². The van der Waals surface area contributed by atoms with Crippen LogP contribution in [0.5, 0.6) is 0 Å². The van der Waals surface area contributed by atoms with Gasteiger partial charge in [-0.1, -0.05) is 6.07 Å². The van der Waals surface area contributed by atoms with Crippen molar-refractivity contribution >= 4 is 11.8 Å². The van der Waals surface area contributed by atoms with Crippen molar-refractivity contribution in [3.63, 3.8) is 0 Å². The molecule has 1 heterocycles. The Kier molecular flexibility index (Phi) is 2.56. The maximum Gasteiger partial charge on any atom is 0.283 e. The number of hydrogen-bond acceptors (Lipinski definition) is 4. The fraction of sp³-hybridized carbons (Fsp3) is 0. The normalized spacial score (nSPS) is 9.31. The van der Waals surface area contributed by atoms with Gasteiger partial charge in [-0.2, -0.15) is 0 Å². The van der Waals surface area contributed by atoms with Crippen LogP contribution in [0.4, 0.5) is 0 Å². The van der Waals surface area contributed by atoms with Crippen LogP contribution in [-0.2, 0) is 0 Å². The highest BCUT2D eigenvalue weighted by Gasteiger charge is 2.07. The molecule has 0 aliphatic heterocycles. The average Bonchev–Trinajstić information content (AvgIpc) is 2.17. The second-order valence-electron chi connectivity index (χ2n) is 2.25. The predicted molar refractivity (Wildman–Crippen MR) is 44.4 cm³/mol. The number of nitrogens with two attached hydrogens (primary N) is 2. The van der Waals surface area contributed by atoms with Gasteiger partial charge in [0.25, 0.3) is 11.8 Å². The van der Waals surface area contributed by atoms with Crippen LogP contribution in [0.15, 0.2) is 18.2 Å². The molecule has 0 unspecified atom stereocenters. The van der Waals surface area contributed by atoms with Gasteiger partial charge in [0.1, 0.15) is 11.4 Å². The first kappa shape index (κ1) is 9.14. The minimum Gasteiger partial charge on any atom is -0.364 e. The van der Waals surface area contributed by atoms with E-state index in [9.17, 15) is 9.59 Å². The zero-order chi connectivity index (χ0) is 9.84. The van der Waals surface area contributed by atoms with Gasteiger partial charge in [0.2, 0.25) is 0 Å². The van der Waals surface area contributed by atoms with Crippen molar-refractivity contribution in [1.29, 1.82) is 0 Å². The van der Waals surface area contributed by atoms with Gasteiger partial charge < -0.3 is 5.73 Å². The smallest absolute Gasteiger partial charge is 0.283 e. The SMILES string of the molecule is NNC(=O)c1cccc(C(N)=O)n1. The van der Waals surface area contributed by atoms with Gasteiger partial charge in [-0.15, -0.1) is 0 Å². The van der Waals surface area contributed by atoms with Crippen molar-refractivity contribution in [1.82, 2.24) is 10.4 Å². The Balaban J connectivity index is 3.05. The summed E-state index contributed by atoms with van der Waals surface area (Å²) >= 11 is 0. The summed E-state index contributed by atoms with van der Waals surface area (Å²) in [5.74, 6) is 3.62. The van der Waals surface area contributed by atoms with Crippen molar-refractivity contribution in [3.05, 3.63) is 29.6 Å². The van der Waals surface area contributed by atoms with Crippen LogP contribution >= 0.6 is 0 Å². The number of hydrazine groups is 1. The van der Waals surface area contributed by atoms with Gasteiger partial charge in [0, 0.05) is 0 Å². The second kappa shape index (κ2) is 3.63. The number of pyridine rings is 1. The Bertz CT molecular complexity index is 350. The summed E-state index contributed by atoms with van der Waals surface area (Å²) in [6, 6.07) is 4.34. The lowest BCUT2D eigenvalue weighted by Gasteiger charge is -1.99. The molecule has 1 aromatic rings. The first-order chi connectivity index (χ1) is 6.15. The minimum absolute atomic E-state index is 0.0288. The number of nitrogen functional groups attached to an aromatic ring is 1. The highest BCUT2D eigenvalue weighted by atomic mass is 16.2. The van der Waals surface area contributed by atoms with Gasteiger partial charge in [-0.05, 0) is 12.1 Å². The molecule has 0 aliphatic rings. The number of carbonyl (C=O) groups is 2. The molecule has 0 radical (unpaired) electrons. The first-order valence-electron chi connectivity index (χ1n) is 3.43. The van der Waals surface area contributed by atoms with E-state index in [1.807, 2.05) is 5.43 Å². The van der Waals surface area contributed by atoms with Crippen LogP contribution in [-0.4, -0.2) is 16.8 Å². The molecule has 0 aliphatic carbocycles. The van der Waals surface area contributed by atoms with Gasteiger partial charge in [0.05, 0.1) is 0 Å². The van der Waals surface area contributed by atoms with E-state index in [0.717, 1.165) is 0 Å². The fourth-order valence-electron chi connectivity index (χ4n) is 0.772. The van der Waals surface area contributed by atoms with Gasteiger partial charge in [-0.25, -0.2) is 10.8 Å². The van der Waals surface area contributed by atoms with E-state index in [0.29, 0.717) is 0 Å². The van der Waals surface area contributed by atoms with Crippen LogP contribution < -0.4 is 17.0 Å². The number of nitrogens with one attached hydrogen (secondary N) is 1. The highest BCUT2D eigenvalue weighted by molar-refractivity contribution is 5.95. The molecule has 1 rings (SSSR count). The minimum atomic E-state index is -0.688. The molecule has 1 aromatic heterocycles. The lowest BCUT2D eigenvalue weighted by Crippen LogP contribution is -2.31. The summed E-state index contributed by atoms with van der Waals surface area (Å²) in [7, 11) is 0. The molecule has 0 bridgehead atoms. The Hall–Kier alpha value is -1.95. The summed E-state index contributed by atoms with van der Waals surface area (Å²) in [4.78, 5) is 25.3. The van der Waals surface area contributed by atoms with Crippen molar-refractivity contribution < 1.29 is 9.59 Å². The van der Waals surface area contributed by atoms with Crippen LogP contribution in [0.1, 0.15) is 21.0 Å². The van der Waals surface area contributed by atoms with Crippen molar-refractivity contribution in [3.8, 4) is 0 Å². The second-order valence-corrected chi connectivity index (χ2v) is 2.25. The third-order valence-corrected chi connectivity index (χ3v) is 1.37. The molecule has 2 amide bonds.